The highest BCUT2D eigenvalue weighted by molar-refractivity contribution is 6.25. The number of carbonyl (C=O) groups excluding carboxylic acids is 4. The summed E-state index contributed by atoms with van der Waals surface area (Å²) in [6.45, 7) is 2.14. The van der Waals surface area contributed by atoms with Crippen molar-refractivity contribution in [3.63, 3.8) is 0 Å². The number of rotatable bonds is 10. The van der Waals surface area contributed by atoms with Gasteiger partial charge in [-0.2, -0.15) is 0 Å². The number of anilines is 1. The summed E-state index contributed by atoms with van der Waals surface area (Å²) < 4.78 is 30.9. The Hall–Kier alpha value is -3.67. The third-order valence-electron chi connectivity index (χ3n) is 6.74. The summed E-state index contributed by atoms with van der Waals surface area (Å²) in [4.78, 5) is 50.7. The van der Waals surface area contributed by atoms with E-state index < -0.39 is 36.0 Å². The molecule has 0 aromatic heterocycles. The van der Waals surface area contributed by atoms with Gasteiger partial charge in [-0.15, -0.1) is 0 Å². The Balaban J connectivity index is 1.09. The number of ether oxygens (including phenoxy) is 3. The number of nitrogens with zero attached hydrogens (tertiary/aromatic N) is 1. The van der Waals surface area contributed by atoms with Gasteiger partial charge in [0.25, 0.3) is 11.8 Å². The summed E-state index contributed by atoms with van der Waals surface area (Å²) in [6.07, 6.45) is 0.805. The lowest BCUT2D eigenvalue weighted by atomic mass is 10.0. The SMILES string of the molecule is O=C1CCC(N2C(=O)c3cccc(NCCOCCCc4ccc(C5OCCO5)cc4F)c3C2=O)C(=O)N1. The Morgan fingerprint density at radius 3 is 2.63 bits per heavy atom. The van der Waals surface area contributed by atoms with E-state index in [0.29, 0.717) is 62.6 Å². The molecule has 2 saturated heterocycles. The van der Waals surface area contributed by atoms with Crippen LogP contribution in [0.5, 0.6) is 0 Å². The number of hydrogen-bond acceptors (Lipinski definition) is 8. The van der Waals surface area contributed by atoms with Crippen LogP contribution in [0.3, 0.4) is 0 Å². The highest BCUT2D eigenvalue weighted by Gasteiger charge is 2.45. The van der Waals surface area contributed by atoms with E-state index in [-0.39, 0.29) is 29.8 Å². The molecule has 1 atom stereocenters. The molecule has 0 bridgehead atoms. The first kappa shape index (κ1) is 26.0. The fourth-order valence-corrected chi connectivity index (χ4v) is 4.85. The van der Waals surface area contributed by atoms with Gasteiger partial charge in [0.2, 0.25) is 11.8 Å². The molecule has 200 valence electrons. The molecule has 3 aliphatic rings. The maximum absolute atomic E-state index is 14.4. The average Bonchev–Trinajstić information content (AvgIpc) is 3.52. The number of piperidine rings is 1. The van der Waals surface area contributed by atoms with Crippen molar-refractivity contribution in [3.05, 3.63) is 64.5 Å². The summed E-state index contributed by atoms with van der Waals surface area (Å²) in [5.74, 6) is -2.48. The van der Waals surface area contributed by atoms with Crippen LogP contribution >= 0.6 is 0 Å². The van der Waals surface area contributed by atoms with E-state index in [1.54, 1.807) is 24.3 Å². The van der Waals surface area contributed by atoms with E-state index >= 15 is 0 Å². The van der Waals surface area contributed by atoms with Crippen LogP contribution < -0.4 is 10.6 Å². The molecule has 38 heavy (non-hydrogen) atoms. The van der Waals surface area contributed by atoms with Gasteiger partial charge in [-0.3, -0.25) is 29.4 Å². The summed E-state index contributed by atoms with van der Waals surface area (Å²) in [5, 5.41) is 5.31. The molecule has 1 unspecified atom stereocenters. The zero-order chi connectivity index (χ0) is 26.6. The van der Waals surface area contributed by atoms with E-state index in [1.807, 2.05) is 6.07 Å². The fourth-order valence-electron chi connectivity index (χ4n) is 4.85. The Morgan fingerprint density at radius 2 is 1.87 bits per heavy atom. The normalized spacial score (nSPS) is 19.7. The maximum atomic E-state index is 14.4. The minimum Gasteiger partial charge on any atom is -0.382 e. The number of amides is 4. The van der Waals surface area contributed by atoms with E-state index in [2.05, 4.69) is 10.6 Å². The van der Waals surface area contributed by atoms with Crippen LogP contribution in [0, 0.1) is 5.82 Å². The largest absolute Gasteiger partial charge is 0.382 e. The van der Waals surface area contributed by atoms with Crippen molar-refractivity contribution >= 4 is 29.3 Å². The van der Waals surface area contributed by atoms with Crippen molar-refractivity contribution in [2.75, 3.05) is 38.3 Å². The molecule has 0 radical (unpaired) electrons. The second-order valence-electron chi connectivity index (χ2n) is 9.24. The van der Waals surface area contributed by atoms with Crippen LogP contribution in [-0.2, 0) is 30.2 Å². The number of benzene rings is 2. The number of fused-ring (bicyclic) bond motifs is 1. The average molecular weight is 526 g/mol. The molecule has 0 saturated carbocycles. The van der Waals surface area contributed by atoms with Gasteiger partial charge in [0.15, 0.2) is 6.29 Å². The van der Waals surface area contributed by atoms with Crippen molar-refractivity contribution in [1.82, 2.24) is 10.2 Å². The van der Waals surface area contributed by atoms with Gasteiger partial charge >= 0.3 is 0 Å². The summed E-state index contributed by atoms with van der Waals surface area (Å²) in [5.41, 5.74) is 2.15. The van der Waals surface area contributed by atoms with Crippen molar-refractivity contribution in [2.45, 2.75) is 38.0 Å². The van der Waals surface area contributed by atoms with E-state index in [1.165, 1.54) is 6.07 Å². The lowest BCUT2D eigenvalue weighted by molar-refractivity contribution is -0.136. The number of imide groups is 2. The number of hydrogen-bond donors (Lipinski definition) is 2. The molecule has 0 aliphatic carbocycles. The third kappa shape index (κ3) is 5.31. The minimum atomic E-state index is -1.01. The van der Waals surface area contributed by atoms with Crippen LogP contribution in [0.2, 0.25) is 0 Å². The smallest absolute Gasteiger partial charge is 0.264 e. The molecule has 4 amide bonds. The Morgan fingerprint density at radius 1 is 1.05 bits per heavy atom. The van der Waals surface area contributed by atoms with Gasteiger partial charge in [0, 0.05) is 30.8 Å². The second-order valence-corrected chi connectivity index (χ2v) is 9.24. The first-order valence-electron chi connectivity index (χ1n) is 12.6. The molecule has 2 fully saturated rings. The van der Waals surface area contributed by atoms with Gasteiger partial charge in [-0.1, -0.05) is 18.2 Å². The van der Waals surface area contributed by atoms with Crippen molar-refractivity contribution in [2.24, 2.45) is 0 Å². The molecular formula is C27H28FN3O7. The van der Waals surface area contributed by atoms with Gasteiger partial charge in [0.1, 0.15) is 11.9 Å². The number of halogens is 1. The van der Waals surface area contributed by atoms with E-state index in [9.17, 15) is 23.6 Å². The van der Waals surface area contributed by atoms with Crippen LogP contribution in [0.1, 0.15) is 57.4 Å². The third-order valence-corrected chi connectivity index (χ3v) is 6.74. The molecular weight excluding hydrogens is 497 g/mol. The molecule has 10 nitrogen and oxygen atoms in total. The van der Waals surface area contributed by atoms with E-state index in [4.69, 9.17) is 14.2 Å². The van der Waals surface area contributed by atoms with Crippen LogP contribution in [0.15, 0.2) is 36.4 Å². The molecule has 11 heteroatoms. The standard InChI is InChI=1S/C27H28FN3O7/c28-19-15-17(27-37-13-14-38-27)7-6-16(19)3-2-11-36-12-10-29-20-5-1-4-18-23(20)26(35)31(25(18)34)21-8-9-22(32)30-24(21)33/h1,4-7,15,21,27,29H,2-3,8-14H2,(H,30,32,33). The van der Waals surface area contributed by atoms with Crippen LogP contribution in [0.4, 0.5) is 10.1 Å². The predicted molar refractivity (Wildman–Crippen MR) is 132 cm³/mol. The van der Waals surface area contributed by atoms with Crippen LogP contribution in [0.25, 0.3) is 0 Å². The number of carbonyl (C=O) groups is 4. The molecule has 3 aliphatic heterocycles. The van der Waals surface area contributed by atoms with Gasteiger partial charge in [-0.05, 0) is 43.0 Å². The fraction of sp³-hybridized carbons (Fsp3) is 0.407. The van der Waals surface area contributed by atoms with Gasteiger partial charge in [-0.25, -0.2) is 4.39 Å². The zero-order valence-corrected chi connectivity index (χ0v) is 20.7. The van der Waals surface area contributed by atoms with Crippen molar-refractivity contribution < 1.29 is 37.8 Å². The molecule has 5 rings (SSSR count). The molecule has 2 N–H and O–H groups in total. The minimum absolute atomic E-state index is 0.0641. The maximum Gasteiger partial charge on any atom is 0.264 e. The first-order chi connectivity index (χ1) is 18.4. The van der Waals surface area contributed by atoms with Gasteiger partial charge in [0.05, 0.1) is 30.9 Å². The molecule has 3 heterocycles. The monoisotopic (exact) mass is 525 g/mol. The quantitative estimate of drug-likeness (QED) is 0.358. The van der Waals surface area contributed by atoms with Crippen LogP contribution in [-0.4, -0.2) is 67.5 Å². The van der Waals surface area contributed by atoms with Crippen molar-refractivity contribution in [3.8, 4) is 0 Å². The van der Waals surface area contributed by atoms with Gasteiger partial charge < -0.3 is 19.5 Å². The first-order valence-corrected chi connectivity index (χ1v) is 12.6. The zero-order valence-electron chi connectivity index (χ0n) is 20.7. The Kier molecular flexibility index (Phi) is 7.77. The van der Waals surface area contributed by atoms with Crippen molar-refractivity contribution in [1.29, 1.82) is 0 Å². The second kappa shape index (κ2) is 11.4. The molecule has 2 aromatic rings. The van der Waals surface area contributed by atoms with E-state index in [0.717, 1.165) is 4.90 Å². The highest BCUT2D eigenvalue weighted by atomic mass is 19.1. The summed E-state index contributed by atoms with van der Waals surface area (Å²) >= 11 is 0. The number of aryl methyl sites for hydroxylation is 1. The lowest BCUT2D eigenvalue weighted by Gasteiger charge is -2.27. The summed E-state index contributed by atoms with van der Waals surface area (Å²) in [7, 11) is 0. The predicted octanol–water partition coefficient (Wildman–Crippen LogP) is 2.33. The number of nitrogens with one attached hydrogen (secondary N) is 2. The molecule has 0 spiro atoms. The topological polar surface area (TPSA) is 123 Å². The molecule has 2 aromatic carbocycles. The Bertz CT molecular complexity index is 1260. The highest BCUT2D eigenvalue weighted by Crippen LogP contribution is 2.32. The summed E-state index contributed by atoms with van der Waals surface area (Å²) in [6, 6.07) is 8.87. The lowest BCUT2D eigenvalue weighted by Crippen LogP contribution is -2.54. The Labute approximate surface area is 218 Å².